The molecular formula is C6H12N2O2. The molecule has 0 aliphatic heterocycles. The average Bonchev–Trinajstić information content (AvgIpc) is 1.98. The molecule has 0 aliphatic rings. The van der Waals surface area contributed by atoms with Crippen LogP contribution in [0.3, 0.4) is 0 Å². The first-order chi connectivity index (χ1) is 4.72. The summed E-state index contributed by atoms with van der Waals surface area (Å²) in [5, 5.41) is 0. The van der Waals surface area contributed by atoms with Gasteiger partial charge in [0.2, 0.25) is 0 Å². The number of nitrogens with two attached hydrogens (primary N) is 2. The molecule has 4 nitrogen and oxygen atoms in total. The molecule has 0 aromatic carbocycles. The summed E-state index contributed by atoms with van der Waals surface area (Å²) in [4.78, 5) is 10.7. The van der Waals surface area contributed by atoms with Crippen LogP contribution in [0.15, 0.2) is 12.7 Å². The Morgan fingerprint density at radius 2 is 2.40 bits per heavy atom. The average molecular weight is 144 g/mol. The predicted molar refractivity (Wildman–Crippen MR) is 38.2 cm³/mol. The van der Waals surface area contributed by atoms with E-state index in [0.717, 1.165) is 0 Å². The topological polar surface area (TPSA) is 78.3 Å². The highest BCUT2D eigenvalue weighted by Gasteiger charge is 2.10. The van der Waals surface area contributed by atoms with E-state index in [-0.39, 0.29) is 13.2 Å². The third-order valence-electron chi connectivity index (χ3n) is 0.900. The number of carbonyl (C=O) groups is 1. The van der Waals surface area contributed by atoms with Crippen LogP contribution in [0, 0.1) is 0 Å². The van der Waals surface area contributed by atoms with Crippen molar-refractivity contribution in [1.29, 1.82) is 0 Å². The van der Waals surface area contributed by atoms with Gasteiger partial charge in [-0.05, 0) is 0 Å². The number of rotatable bonds is 4. The van der Waals surface area contributed by atoms with Crippen LogP contribution in [0.5, 0.6) is 0 Å². The lowest BCUT2D eigenvalue weighted by Gasteiger charge is -2.06. The van der Waals surface area contributed by atoms with Crippen molar-refractivity contribution in [3.8, 4) is 0 Å². The van der Waals surface area contributed by atoms with E-state index >= 15 is 0 Å². The maximum absolute atomic E-state index is 10.7. The van der Waals surface area contributed by atoms with Gasteiger partial charge in [-0.1, -0.05) is 12.7 Å². The molecule has 4 N–H and O–H groups in total. The van der Waals surface area contributed by atoms with Crippen LogP contribution < -0.4 is 11.5 Å². The van der Waals surface area contributed by atoms with Crippen molar-refractivity contribution in [3.05, 3.63) is 12.7 Å². The fourth-order valence-electron chi connectivity index (χ4n) is 0.344. The molecule has 0 aromatic rings. The van der Waals surface area contributed by atoms with Crippen molar-refractivity contribution in [3.63, 3.8) is 0 Å². The minimum atomic E-state index is -0.708. The lowest BCUT2D eigenvalue weighted by Crippen LogP contribution is -2.39. The Labute approximate surface area is 59.8 Å². The molecule has 0 aliphatic carbocycles. The minimum Gasteiger partial charge on any atom is -0.460 e. The van der Waals surface area contributed by atoms with E-state index in [1.165, 1.54) is 6.08 Å². The van der Waals surface area contributed by atoms with Crippen LogP contribution in [0.25, 0.3) is 0 Å². The van der Waals surface area contributed by atoms with E-state index < -0.39 is 12.0 Å². The first-order valence-corrected chi connectivity index (χ1v) is 2.95. The molecule has 58 valence electrons. The zero-order chi connectivity index (χ0) is 7.98. The Hall–Kier alpha value is -0.870. The largest absolute Gasteiger partial charge is 0.460 e. The van der Waals surface area contributed by atoms with Gasteiger partial charge in [-0.15, -0.1) is 0 Å². The molecule has 4 heteroatoms. The summed E-state index contributed by atoms with van der Waals surface area (Å²) < 4.78 is 4.58. The van der Waals surface area contributed by atoms with Gasteiger partial charge < -0.3 is 16.2 Å². The van der Waals surface area contributed by atoms with E-state index in [1.807, 2.05) is 0 Å². The Kier molecular flexibility index (Phi) is 4.53. The molecule has 10 heavy (non-hydrogen) atoms. The van der Waals surface area contributed by atoms with Crippen LogP contribution in [0.4, 0.5) is 0 Å². The maximum atomic E-state index is 10.7. The van der Waals surface area contributed by atoms with Gasteiger partial charge in [-0.25, -0.2) is 0 Å². The normalized spacial score (nSPS) is 12.2. The van der Waals surface area contributed by atoms with Gasteiger partial charge in [0.1, 0.15) is 12.6 Å². The van der Waals surface area contributed by atoms with E-state index in [0.29, 0.717) is 0 Å². The molecule has 1 atom stereocenters. The van der Waals surface area contributed by atoms with Crippen LogP contribution in [-0.2, 0) is 9.53 Å². The maximum Gasteiger partial charge on any atom is 0.324 e. The number of ether oxygens (including phenoxy) is 1. The molecule has 0 bridgehead atoms. The molecule has 1 unspecified atom stereocenters. The Balaban J connectivity index is 3.51. The number of esters is 1. The third-order valence-corrected chi connectivity index (χ3v) is 0.900. The summed E-state index contributed by atoms with van der Waals surface area (Å²) >= 11 is 0. The molecule has 0 aromatic heterocycles. The Bertz CT molecular complexity index is 125. The molecule has 0 radical (unpaired) electrons. The van der Waals surface area contributed by atoms with Crippen molar-refractivity contribution >= 4 is 5.97 Å². The van der Waals surface area contributed by atoms with Gasteiger partial charge in [-0.3, -0.25) is 4.79 Å². The monoisotopic (exact) mass is 144 g/mol. The molecule has 0 rings (SSSR count). The second kappa shape index (κ2) is 4.96. The number of hydrogen-bond acceptors (Lipinski definition) is 4. The molecule has 0 fully saturated rings. The summed E-state index contributed by atoms with van der Waals surface area (Å²) in [5.74, 6) is -0.484. The summed E-state index contributed by atoms with van der Waals surface area (Å²) in [6.45, 7) is 3.66. The van der Waals surface area contributed by atoms with E-state index in [9.17, 15) is 4.79 Å². The quantitative estimate of drug-likeness (QED) is 0.392. The predicted octanol–water partition coefficient (Wildman–Crippen LogP) is -0.998. The second-order valence-corrected chi connectivity index (χ2v) is 1.76. The van der Waals surface area contributed by atoms with Crippen molar-refractivity contribution in [2.24, 2.45) is 11.5 Å². The van der Waals surface area contributed by atoms with Gasteiger partial charge in [0, 0.05) is 6.54 Å². The molecule has 0 saturated heterocycles. The van der Waals surface area contributed by atoms with Crippen molar-refractivity contribution in [2.45, 2.75) is 6.04 Å². The third kappa shape index (κ3) is 3.21. The van der Waals surface area contributed by atoms with Gasteiger partial charge in [0.15, 0.2) is 0 Å². The lowest BCUT2D eigenvalue weighted by molar-refractivity contribution is -0.143. The van der Waals surface area contributed by atoms with Gasteiger partial charge in [-0.2, -0.15) is 0 Å². The molecule has 0 spiro atoms. The highest BCUT2D eigenvalue weighted by molar-refractivity contribution is 5.75. The van der Waals surface area contributed by atoms with Crippen molar-refractivity contribution in [1.82, 2.24) is 0 Å². The first kappa shape index (κ1) is 9.13. The lowest BCUT2D eigenvalue weighted by atomic mass is 10.3. The summed E-state index contributed by atoms with van der Waals surface area (Å²) in [5.41, 5.74) is 10.3. The van der Waals surface area contributed by atoms with Crippen molar-refractivity contribution in [2.75, 3.05) is 13.2 Å². The number of carbonyl (C=O) groups excluding carboxylic acids is 1. The standard InChI is InChI=1S/C6H12N2O2/c1-2-3-10-6(9)5(8)4-7/h2,5H,1,3-4,7-8H2. The summed E-state index contributed by atoms with van der Waals surface area (Å²) in [6, 6.07) is -0.708. The van der Waals surface area contributed by atoms with E-state index in [2.05, 4.69) is 11.3 Å². The Morgan fingerprint density at radius 3 is 2.80 bits per heavy atom. The molecule has 0 amide bonds. The van der Waals surface area contributed by atoms with Gasteiger partial charge in [0.25, 0.3) is 0 Å². The smallest absolute Gasteiger partial charge is 0.324 e. The van der Waals surface area contributed by atoms with Crippen molar-refractivity contribution < 1.29 is 9.53 Å². The molecule has 0 saturated carbocycles. The number of hydrogen-bond donors (Lipinski definition) is 2. The van der Waals surface area contributed by atoms with E-state index in [1.54, 1.807) is 0 Å². The highest BCUT2D eigenvalue weighted by Crippen LogP contribution is 1.82. The second-order valence-electron chi connectivity index (χ2n) is 1.76. The fourth-order valence-corrected chi connectivity index (χ4v) is 0.344. The van der Waals surface area contributed by atoms with Crippen LogP contribution in [0.1, 0.15) is 0 Å². The Morgan fingerprint density at radius 1 is 1.80 bits per heavy atom. The molecular weight excluding hydrogens is 132 g/mol. The minimum absolute atomic E-state index is 0.107. The van der Waals surface area contributed by atoms with Crippen LogP contribution >= 0.6 is 0 Å². The summed E-state index contributed by atoms with van der Waals surface area (Å²) in [6.07, 6.45) is 1.47. The first-order valence-electron chi connectivity index (χ1n) is 2.95. The summed E-state index contributed by atoms with van der Waals surface area (Å²) in [7, 11) is 0. The SMILES string of the molecule is C=CCOC(=O)C(N)CN. The van der Waals surface area contributed by atoms with Crippen LogP contribution in [-0.4, -0.2) is 25.2 Å². The zero-order valence-corrected chi connectivity index (χ0v) is 5.75. The van der Waals surface area contributed by atoms with Gasteiger partial charge in [0.05, 0.1) is 0 Å². The molecule has 0 heterocycles. The van der Waals surface area contributed by atoms with Gasteiger partial charge >= 0.3 is 5.97 Å². The fraction of sp³-hybridized carbons (Fsp3) is 0.500. The zero-order valence-electron chi connectivity index (χ0n) is 5.75. The van der Waals surface area contributed by atoms with E-state index in [4.69, 9.17) is 11.5 Å². The van der Waals surface area contributed by atoms with Crippen LogP contribution in [0.2, 0.25) is 0 Å². The highest BCUT2D eigenvalue weighted by atomic mass is 16.5.